The van der Waals surface area contributed by atoms with Gasteiger partial charge in [0.05, 0.1) is 17.1 Å². The largest absolute Gasteiger partial charge is 0.368 e. The maximum atomic E-state index is 10.6. The minimum Gasteiger partial charge on any atom is -0.368 e. The number of nitro benzene ring substituents is 1. The van der Waals surface area contributed by atoms with Gasteiger partial charge in [-0.2, -0.15) is 0 Å². The first kappa shape index (κ1) is 8.19. The lowest BCUT2D eigenvalue weighted by molar-refractivity contribution is -0.385. The van der Waals surface area contributed by atoms with Gasteiger partial charge in [0.15, 0.2) is 0 Å². The maximum absolute atomic E-state index is 10.6. The number of hydrogen-bond acceptors (Lipinski definition) is 3. The van der Waals surface area contributed by atoms with Gasteiger partial charge < -0.3 is 4.74 Å². The van der Waals surface area contributed by atoms with E-state index in [4.69, 9.17) is 4.74 Å². The molecule has 1 saturated heterocycles. The monoisotopic (exact) mass is 179 g/mol. The number of hydrogen-bond donors (Lipinski definition) is 0. The van der Waals surface area contributed by atoms with E-state index >= 15 is 0 Å². The number of ether oxygens (including phenoxy) is 1. The van der Waals surface area contributed by atoms with Gasteiger partial charge >= 0.3 is 0 Å². The highest BCUT2D eigenvalue weighted by Gasteiger charge is 2.31. The van der Waals surface area contributed by atoms with Crippen molar-refractivity contribution in [2.45, 2.75) is 13.0 Å². The van der Waals surface area contributed by atoms with Gasteiger partial charge in [-0.05, 0) is 13.0 Å². The van der Waals surface area contributed by atoms with E-state index in [0.717, 1.165) is 5.56 Å². The van der Waals surface area contributed by atoms with E-state index in [-0.39, 0.29) is 16.7 Å². The molecule has 1 fully saturated rings. The Balaban J connectivity index is 2.47. The van der Waals surface area contributed by atoms with Crippen LogP contribution in [0.5, 0.6) is 0 Å². The molecular formula is C9H9NO3. The van der Waals surface area contributed by atoms with E-state index in [0.29, 0.717) is 12.2 Å². The van der Waals surface area contributed by atoms with Gasteiger partial charge in [0.2, 0.25) is 0 Å². The Bertz CT molecular complexity index is 358. The second-order valence-corrected chi connectivity index (χ2v) is 3.14. The number of nitro groups is 1. The normalized spacial score (nSPS) is 19.9. The topological polar surface area (TPSA) is 55.7 Å². The van der Waals surface area contributed by atoms with Crippen LogP contribution in [0.3, 0.4) is 0 Å². The molecule has 1 atom stereocenters. The average Bonchev–Trinajstić information content (AvgIpc) is 2.85. The molecule has 68 valence electrons. The standard InChI is InChI=1S/C9H9NO3/c1-6-2-3-8(10(11)12)7(4-6)9-5-13-9/h2-4,9H,5H2,1H3. The first-order valence-electron chi connectivity index (χ1n) is 4.05. The van der Waals surface area contributed by atoms with Crippen molar-refractivity contribution in [2.75, 3.05) is 6.61 Å². The van der Waals surface area contributed by atoms with Crippen molar-refractivity contribution < 1.29 is 9.66 Å². The quantitative estimate of drug-likeness (QED) is 0.396. The van der Waals surface area contributed by atoms with Gasteiger partial charge in [-0.25, -0.2) is 0 Å². The van der Waals surface area contributed by atoms with Gasteiger partial charge in [0.25, 0.3) is 5.69 Å². The molecule has 1 aliphatic heterocycles. The molecule has 1 aromatic carbocycles. The lowest BCUT2D eigenvalue weighted by Gasteiger charge is -1.99. The van der Waals surface area contributed by atoms with Crippen LogP contribution >= 0.6 is 0 Å². The molecule has 1 heterocycles. The van der Waals surface area contributed by atoms with Gasteiger partial charge in [0.1, 0.15) is 6.10 Å². The molecule has 4 nitrogen and oxygen atoms in total. The predicted octanol–water partition coefficient (Wildman–Crippen LogP) is 1.97. The van der Waals surface area contributed by atoms with Crippen molar-refractivity contribution in [1.29, 1.82) is 0 Å². The van der Waals surface area contributed by atoms with Crippen LogP contribution in [0, 0.1) is 17.0 Å². The van der Waals surface area contributed by atoms with Gasteiger partial charge in [-0.15, -0.1) is 0 Å². The third-order valence-corrected chi connectivity index (χ3v) is 2.06. The second-order valence-electron chi connectivity index (χ2n) is 3.14. The van der Waals surface area contributed by atoms with E-state index in [2.05, 4.69) is 0 Å². The zero-order chi connectivity index (χ0) is 9.42. The Kier molecular flexibility index (Phi) is 1.77. The maximum Gasteiger partial charge on any atom is 0.275 e. The number of benzene rings is 1. The molecule has 0 aromatic heterocycles. The molecule has 0 spiro atoms. The van der Waals surface area contributed by atoms with Crippen LogP contribution < -0.4 is 0 Å². The van der Waals surface area contributed by atoms with Crippen LogP contribution in [0.15, 0.2) is 18.2 Å². The highest BCUT2D eigenvalue weighted by Crippen LogP contribution is 2.36. The molecule has 2 rings (SSSR count). The summed E-state index contributed by atoms with van der Waals surface area (Å²) in [5.74, 6) is 0. The molecule has 0 bridgehead atoms. The van der Waals surface area contributed by atoms with Crippen molar-refractivity contribution in [3.8, 4) is 0 Å². The van der Waals surface area contributed by atoms with Crippen molar-refractivity contribution in [3.05, 3.63) is 39.4 Å². The Morgan fingerprint density at radius 1 is 1.62 bits per heavy atom. The first-order chi connectivity index (χ1) is 6.18. The molecule has 4 heteroatoms. The minimum atomic E-state index is -0.365. The van der Waals surface area contributed by atoms with Crippen LogP contribution in [0.2, 0.25) is 0 Å². The third kappa shape index (κ3) is 1.53. The van der Waals surface area contributed by atoms with E-state index in [1.807, 2.05) is 13.0 Å². The summed E-state index contributed by atoms with van der Waals surface area (Å²) in [6, 6.07) is 5.09. The third-order valence-electron chi connectivity index (χ3n) is 2.06. The molecule has 13 heavy (non-hydrogen) atoms. The van der Waals surface area contributed by atoms with E-state index < -0.39 is 0 Å². The summed E-state index contributed by atoms with van der Waals surface area (Å²) >= 11 is 0. The molecular weight excluding hydrogens is 170 g/mol. The lowest BCUT2D eigenvalue weighted by atomic mass is 10.1. The zero-order valence-electron chi connectivity index (χ0n) is 7.19. The number of epoxide rings is 1. The molecule has 0 aliphatic carbocycles. The van der Waals surface area contributed by atoms with Gasteiger partial charge in [0, 0.05) is 6.07 Å². The Hall–Kier alpha value is -1.42. The Morgan fingerprint density at radius 2 is 2.31 bits per heavy atom. The number of rotatable bonds is 2. The van der Waals surface area contributed by atoms with Crippen LogP contribution in [0.25, 0.3) is 0 Å². The molecule has 1 aliphatic rings. The van der Waals surface area contributed by atoms with E-state index in [1.165, 1.54) is 6.07 Å². The van der Waals surface area contributed by atoms with Crippen molar-refractivity contribution in [2.24, 2.45) is 0 Å². The van der Waals surface area contributed by atoms with Crippen LogP contribution in [0.4, 0.5) is 5.69 Å². The molecule has 1 aromatic rings. The Morgan fingerprint density at radius 3 is 2.85 bits per heavy atom. The second kappa shape index (κ2) is 2.81. The highest BCUT2D eigenvalue weighted by molar-refractivity contribution is 5.45. The van der Waals surface area contributed by atoms with Gasteiger partial charge in [-0.3, -0.25) is 10.1 Å². The Labute approximate surface area is 75.3 Å². The summed E-state index contributed by atoms with van der Waals surface area (Å²) in [6.07, 6.45) is -0.0553. The highest BCUT2D eigenvalue weighted by atomic mass is 16.6. The fraction of sp³-hybridized carbons (Fsp3) is 0.333. The molecule has 1 unspecified atom stereocenters. The smallest absolute Gasteiger partial charge is 0.275 e. The van der Waals surface area contributed by atoms with Crippen molar-refractivity contribution in [3.63, 3.8) is 0 Å². The van der Waals surface area contributed by atoms with Crippen molar-refractivity contribution >= 4 is 5.69 Å². The van der Waals surface area contributed by atoms with Crippen LogP contribution in [-0.4, -0.2) is 11.5 Å². The average molecular weight is 179 g/mol. The summed E-state index contributed by atoms with van der Waals surface area (Å²) in [5, 5.41) is 10.6. The van der Waals surface area contributed by atoms with E-state index in [9.17, 15) is 10.1 Å². The fourth-order valence-corrected chi connectivity index (χ4v) is 1.33. The molecule has 0 amide bonds. The lowest BCUT2D eigenvalue weighted by Crippen LogP contribution is -1.94. The molecule has 0 N–H and O–H groups in total. The summed E-state index contributed by atoms with van der Waals surface area (Å²) in [5.41, 5.74) is 1.88. The van der Waals surface area contributed by atoms with Crippen LogP contribution in [0.1, 0.15) is 17.2 Å². The summed E-state index contributed by atoms with van der Waals surface area (Å²) in [4.78, 5) is 10.3. The SMILES string of the molecule is Cc1ccc([N+](=O)[O-])c(C2CO2)c1. The molecule has 0 radical (unpaired) electrons. The fourth-order valence-electron chi connectivity index (χ4n) is 1.33. The summed E-state index contributed by atoms with van der Waals surface area (Å²) < 4.78 is 5.04. The minimum absolute atomic E-state index is 0.0553. The van der Waals surface area contributed by atoms with Gasteiger partial charge in [-0.1, -0.05) is 11.6 Å². The predicted molar refractivity (Wildman–Crippen MR) is 46.5 cm³/mol. The number of nitrogens with zero attached hydrogens (tertiary/aromatic N) is 1. The summed E-state index contributed by atoms with van der Waals surface area (Å²) in [7, 11) is 0. The van der Waals surface area contributed by atoms with Crippen LogP contribution in [-0.2, 0) is 4.74 Å². The van der Waals surface area contributed by atoms with Crippen molar-refractivity contribution in [1.82, 2.24) is 0 Å². The van der Waals surface area contributed by atoms with E-state index in [1.54, 1.807) is 6.07 Å². The molecule has 0 saturated carbocycles. The zero-order valence-corrected chi connectivity index (χ0v) is 7.19. The first-order valence-corrected chi connectivity index (χ1v) is 4.05. The number of aryl methyl sites for hydroxylation is 1. The summed E-state index contributed by atoms with van der Waals surface area (Å²) in [6.45, 7) is 2.51.